The van der Waals surface area contributed by atoms with E-state index in [2.05, 4.69) is 104 Å². The summed E-state index contributed by atoms with van der Waals surface area (Å²) in [5.74, 6) is 0. The average Bonchev–Trinajstić information content (AvgIpc) is 3.26. The maximum Gasteiger partial charge on any atom is 0.224 e. The van der Waals surface area contributed by atoms with E-state index >= 15 is 0 Å². The molecule has 3 heteroatoms. The molecule has 0 saturated heterocycles. The first-order valence-corrected chi connectivity index (χ1v) is 9.77. The van der Waals surface area contributed by atoms with Gasteiger partial charge in [0.2, 0.25) is 5.72 Å². The second-order valence-corrected chi connectivity index (χ2v) is 8.23. The Balaban J connectivity index is 1.45. The third kappa shape index (κ3) is 2.26. The van der Waals surface area contributed by atoms with Crippen LogP contribution in [0.2, 0.25) is 0 Å². The van der Waals surface area contributed by atoms with Crippen molar-refractivity contribution in [3.8, 4) is 11.1 Å². The molecule has 5 rings (SSSR count). The van der Waals surface area contributed by atoms with Crippen molar-refractivity contribution in [3.05, 3.63) is 90.0 Å². The van der Waals surface area contributed by atoms with Gasteiger partial charge in [-0.1, -0.05) is 78.0 Å². The molecule has 0 aromatic heterocycles. The van der Waals surface area contributed by atoms with Crippen molar-refractivity contribution >= 4 is 11.4 Å². The van der Waals surface area contributed by atoms with E-state index in [9.17, 15) is 0 Å². The van der Waals surface area contributed by atoms with Gasteiger partial charge in [-0.25, -0.2) is 0 Å². The largest absolute Gasteiger partial charge is 0.366 e. The highest BCUT2D eigenvalue weighted by Gasteiger charge is 2.61. The summed E-state index contributed by atoms with van der Waals surface area (Å²) in [5, 5.41) is 4.55. The molecule has 0 amide bonds. The molecule has 0 aliphatic carbocycles. The van der Waals surface area contributed by atoms with Crippen LogP contribution in [0.3, 0.4) is 0 Å². The van der Waals surface area contributed by atoms with E-state index in [1.165, 1.54) is 22.4 Å². The van der Waals surface area contributed by atoms with Gasteiger partial charge in [0.1, 0.15) is 0 Å². The fraction of sp³-hybridized carbons (Fsp3) is 0.240. The van der Waals surface area contributed by atoms with Crippen molar-refractivity contribution in [1.29, 1.82) is 0 Å². The van der Waals surface area contributed by atoms with Crippen LogP contribution in [0.1, 0.15) is 31.4 Å². The minimum Gasteiger partial charge on any atom is -0.366 e. The minimum absolute atomic E-state index is 0.159. The maximum absolute atomic E-state index is 6.21. The monoisotopic (exact) mass is 368 g/mol. The Morgan fingerprint density at radius 2 is 1.39 bits per heavy atom. The van der Waals surface area contributed by atoms with Gasteiger partial charge in [0.15, 0.2) is 0 Å². The van der Waals surface area contributed by atoms with Gasteiger partial charge in [-0.2, -0.15) is 0 Å². The standard InChI is InChI=1S/C25H24N2O/c1-24(2)21-11-7-8-12-23(21)27(3)25(24)17-22(26-28-25)20-15-13-19(14-16-20)18-9-5-4-6-10-18/h4-16H,17H2,1-3H3. The molecular weight excluding hydrogens is 344 g/mol. The summed E-state index contributed by atoms with van der Waals surface area (Å²) in [4.78, 5) is 8.47. The van der Waals surface area contributed by atoms with E-state index in [1.54, 1.807) is 0 Å². The molecule has 1 unspecified atom stereocenters. The summed E-state index contributed by atoms with van der Waals surface area (Å²) in [6.07, 6.45) is 0.760. The van der Waals surface area contributed by atoms with E-state index in [0.717, 1.165) is 17.7 Å². The zero-order chi connectivity index (χ0) is 19.4. The summed E-state index contributed by atoms with van der Waals surface area (Å²) in [5.41, 5.74) is 6.46. The van der Waals surface area contributed by atoms with Crippen LogP contribution >= 0.6 is 0 Å². The molecule has 2 heterocycles. The molecule has 0 bridgehead atoms. The van der Waals surface area contributed by atoms with Gasteiger partial charge in [-0.05, 0) is 42.2 Å². The lowest BCUT2D eigenvalue weighted by atomic mass is 9.75. The number of likely N-dealkylation sites (N-methyl/N-ethyl adjacent to an activating group) is 1. The van der Waals surface area contributed by atoms with Crippen molar-refractivity contribution in [2.45, 2.75) is 31.4 Å². The van der Waals surface area contributed by atoms with Gasteiger partial charge in [0.05, 0.1) is 17.5 Å². The summed E-state index contributed by atoms with van der Waals surface area (Å²) >= 11 is 0. The third-order valence-corrected chi connectivity index (χ3v) is 6.50. The molecule has 140 valence electrons. The van der Waals surface area contributed by atoms with E-state index in [4.69, 9.17) is 4.84 Å². The molecule has 0 fully saturated rings. The van der Waals surface area contributed by atoms with Gasteiger partial charge in [-0.3, -0.25) is 0 Å². The molecule has 1 atom stereocenters. The molecule has 0 radical (unpaired) electrons. The molecule has 3 nitrogen and oxygen atoms in total. The first-order valence-electron chi connectivity index (χ1n) is 9.77. The zero-order valence-corrected chi connectivity index (χ0v) is 16.5. The van der Waals surface area contributed by atoms with Crippen LogP contribution in [0, 0.1) is 0 Å². The van der Waals surface area contributed by atoms with Crippen molar-refractivity contribution in [3.63, 3.8) is 0 Å². The number of oxime groups is 1. The first kappa shape index (κ1) is 17.1. The number of para-hydroxylation sites is 1. The average molecular weight is 368 g/mol. The van der Waals surface area contributed by atoms with Crippen LogP contribution in [-0.2, 0) is 10.3 Å². The number of rotatable bonds is 2. The van der Waals surface area contributed by atoms with E-state index < -0.39 is 5.72 Å². The summed E-state index contributed by atoms with van der Waals surface area (Å²) < 4.78 is 0. The summed E-state index contributed by atoms with van der Waals surface area (Å²) in [7, 11) is 2.12. The lowest BCUT2D eigenvalue weighted by molar-refractivity contribution is -0.0591. The van der Waals surface area contributed by atoms with Gasteiger partial charge in [0, 0.05) is 12.7 Å². The Hall–Kier alpha value is -3.07. The molecule has 0 N–H and O–H groups in total. The number of benzene rings is 3. The van der Waals surface area contributed by atoms with Gasteiger partial charge in [-0.15, -0.1) is 0 Å². The van der Waals surface area contributed by atoms with Crippen molar-refractivity contribution < 1.29 is 4.84 Å². The Kier molecular flexibility index (Phi) is 3.63. The molecule has 0 saturated carbocycles. The Morgan fingerprint density at radius 1 is 0.786 bits per heavy atom. The lowest BCUT2D eigenvalue weighted by Crippen LogP contribution is -2.54. The smallest absolute Gasteiger partial charge is 0.224 e. The predicted molar refractivity (Wildman–Crippen MR) is 115 cm³/mol. The van der Waals surface area contributed by atoms with Crippen molar-refractivity contribution in [2.75, 3.05) is 11.9 Å². The predicted octanol–water partition coefficient (Wildman–Crippen LogP) is 5.60. The van der Waals surface area contributed by atoms with Gasteiger partial charge >= 0.3 is 0 Å². The summed E-state index contributed by atoms with van der Waals surface area (Å²) in [6, 6.07) is 27.6. The van der Waals surface area contributed by atoms with E-state index in [0.29, 0.717) is 0 Å². The summed E-state index contributed by atoms with van der Waals surface area (Å²) in [6.45, 7) is 4.51. The minimum atomic E-state index is -0.482. The molecule has 28 heavy (non-hydrogen) atoms. The van der Waals surface area contributed by atoms with E-state index in [1.807, 2.05) is 6.07 Å². The van der Waals surface area contributed by atoms with Gasteiger partial charge < -0.3 is 9.74 Å². The zero-order valence-electron chi connectivity index (χ0n) is 16.5. The quantitative estimate of drug-likeness (QED) is 0.588. The second-order valence-electron chi connectivity index (χ2n) is 8.23. The van der Waals surface area contributed by atoms with Crippen molar-refractivity contribution in [1.82, 2.24) is 0 Å². The van der Waals surface area contributed by atoms with Crippen LogP contribution in [0.15, 0.2) is 84.0 Å². The van der Waals surface area contributed by atoms with E-state index in [-0.39, 0.29) is 5.41 Å². The molecule has 3 aromatic carbocycles. The number of anilines is 1. The van der Waals surface area contributed by atoms with Crippen LogP contribution in [0.5, 0.6) is 0 Å². The fourth-order valence-electron chi connectivity index (χ4n) is 4.70. The lowest BCUT2D eigenvalue weighted by Gasteiger charge is -2.40. The Bertz CT molecular complexity index is 1050. The SMILES string of the molecule is CN1c2ccccc2C(C)(C)C12CC(c1ccc(-c3ccccc3)cc1)=NO2. The Morgan fingerprint density at radius 3 is 2.11 bits per heavy atom. The highest BCUT2D eigenvalue weighted by atomic mass is 16.7. The highest BCUT2D eigenvalue weighted by molar-refractivity contribution is 6.02. The van der Waals surface area contributed by atoms with Crippen molar-refractivity contribution in [2.24, 2.45) is 5.16 Å². The molecular formula is C25H24N2O. The van der Waals surface area contributed by atoms with Crippen LogP contribution in [0.4, 0.5) is 5.69 Å². The molecule has 2 aliphatic rings. The Labute approximate surface area is 166 Å². The normalized spacial score (nSPS) is 22.1. The number of fused-ring (bicyclic) bond motifs is 1. The highest BCUT2D eigenvalue weighted by Crippen LogP contribution is 2.55. The number of hydrogen-bond donors (Lipinski definition) is 0. The maximum atomic E-state index is 6.21. The number of nitrogens with zero attached hydrogens (tertiary/aromatic N) is 2. The second kappa shape index (κ2) is 5.96. The van der Waals surface area contributed by atoms with Crippen LogP contribution in [0.25, 0.3) is 11.1 Å². The topological polar surface area (TPSA) is 24.8 Å². The number of hydrogen-bond acceptors (Lipinski definition) is 3. The van der Waals surface area contributed by atoms with Crippen LogP contribution < -0.4 is 4.90 Å². The molecule has 3 aromatic rings. The fourth-order valence-corrected chi connectivity index (χ4v) is 4.70. The van der Waals surface area contributed by atoms with Crippen LogP contribution in [-0.4, -0.2) is 18.5 Å². The van der Waals surface area contributed by atoms with Gasteiger partial charge in [0.25, 0.3) is 0 Å². The molecule has 1 spiro atoms. The molecule has 2 aliphatic heterocycles. The first-order chi connectivity index (χ1) is 13.5. The third-order valence-electron chi connectivity index (χ3n) is 6.50.